The van der Waals surface area contributed by atoms with E-state index >= 15 is 0 Å². The third kappa shape index (κ3) is 7.32. The average molecular weight is 822 g/mol. The molecule has 62 heavy (non-hydrogen) atoms. The van der Waals surface area contributed by atoms with E-state index in [1.54, 1.807) is 0 Å². The topological polar surface area (TPSA) is 9.72 Å². The van der Waals surface area contributed by atoms with Crippen molar-refractivity contribution in [2.75, 3.05) is 14.7 Å². The van der Waals surface area contributed by atoms with Crippen LogP contribution in [0, 0.1) is 0 Å². The first-order valence-electron chi connectivity index (χ1n) is 26.7. The van der Waals surface area contributed by atoms with E-state index in [0.29, 0.717) is 11.4 Å². The molecule has 0 amide bonds. The van der Waals surface area contributed by atoms with Gasteiger partial charge in [0.15, 0.2) is 0 Å². The highest BCUT2D eigenvalue weighted by molar-refractivity contribution is 7.00. The smallest absolute Gasteiger partial charge is 0.252 e. The van der Waals surface area contributed by atoms with Crippen molar-refractivity contribution >= 4 is 74.3 Å². The summed E-state index contributed by atoms with van der Waals surface area (Å²) in [6, 6.07) is 28.0. The van der Waals surface area contributed by atoms with Gasteiger partial charge in [0.05, 0.1) is 19.4 Å². The van der Waals surface area contributed by atoms with Gasteiger partial charge >= 0.3 is 0 Å². The van der Waals surface area contributed by atoms with Gasteiger partial charge in [0.2, 0.25) is 0 Å². The van der Waals surface area contributed by atoms with Gasteiger partial charge in [0.1, 0.15) is 0 Å². The quantitative estimate of drug-likeness (QED) is 0.160. The molecule has 0 atom stereocenters. The molecule has 7 aromatic rings. The van der Waals surface area contributed by atoms with E-state index in [2.05, 4.69) is 178 Å². The zero-order chi connectivity index (χ0) is 52.6. The Kier molecular flexibility index (Phi) is 7.40. The van der Waals surface area contributed by atoms with Crippen LogP contribution in [0.2, 0.25) is 0 Å². The molecule has 0 fully saturated rings. The summed E-state index contributed by atoms with van der Waals surface area (Å²) in [6.45, 7) is 26.0. The predicted molar refractivity (Wildman–Crippen MR) is 270 cm³/mol. The van der Waals surface area contributed by atoms with Crippen LogP contribution in [0.1, 0.15) is 119 Å². The molecule has 0 aromatic heterocycles. The Morgan fingerprint density at radius 3 is 1.06 bits per heavy atom. The molecule has 4 heteroatoms. The Hall–Kier alpha value is -6.00. The molecule has 0 spiro atoms. The molecule has 312 valence electrons. The van der Waals surface area contributed by atoms with Gasteiger partial charge in [-0.05, 0) is 133 Å². The van der Waals surface area contributed by atoms with Crippen LogP contribution in [-0.2, 0) is 21.7 Å². The van der Waals surface area contributed by atoms with E-state index in [9.17, 15) is 5.48 Å². The summed E-state index contributed by atoms with van der Waals surface area (Å²) in [6.07, 6.45) is 0. The second-order valence-electron chi connectivity index (χ2n) is 20.9. The van der Waals surface area contributed by atoms with Crippen LogP contribution >= 0.6 is 0 Å². The zero-order valence-corrected chi connectivity index (χ0v) is 38.2. The fraction of sp³-hybridized carbons (Fsp3) is 0.276. The molecular formula is C58H62BN3. The molecule has 2 heterocycles. The Balaban J connectivity index is 1.51. The summed E-state index contributed by atoms with van der Waals surface area (Å²) in [4.78, 5) is 5.72. The number of fused-ring (bicyclic) bond motifs is 4. The Bertz CT molecular complexity index is 3090. The zero-order valence-electron chi connectivity index (χ0n) is 48.2. The first kappa shape index (κ1) is 30.9. The van der Waals surface area contributed by atoms with Crippen molar-refractivity contribution in [3.8, 4) is 0 Å². The molecule has 3 nitrogen and oxygen atoms in total. The van der Waals surface area contributed by atoms with Crippen LogP contribution in [0.4, 0.5) is 51.2 Å². The Morgan fingerprint density at radius 2 is 0.726 bits per heavy atom. The average Bonchev–Trinajstić information content (AvgIpc) is 3.31. The number of benzene rings is 7. The number of para-hydroxylation sites is 2. The van der Waals surface area contributed by atoms with Gasteiger partial charge in [-0.2, -0.15) is 0 Å². The van der Waals surface area contributed by atoms with E-state index in [-0.39, 0.29) is 45.4 Å². The van der Waals surface area contributed by atoms with Crippen LogP contribution in [-0.4, -0.2) is 6.71 Å². The van der Waals surface area contributed by atoms with Crippen LogP contribution < -0.4 is 31.1 Å². The van der Waals surface area contributed by atoms with Crippen LogP contribution in [0.3, 0.4) is 0 Å². The van der Waals surface area contributed by atoms with Crippen LogP contribution in [0.15, 0.2) is 157 Å². The molecule has 7 aromatic carbocycles. The van der Waals surface area contributed by atoms with Crippen molar-refractivity contribution in [3.63, 3.8) is 0 Å². The van der Waals surface area contributed by atoms with Gasteiger partial charge < -0.3 is 14.7 Å². The summed E-state index contributed by atoms with van der Waals surface area (Å²) in [7, 11) is 0. The summed E-state index contributed by atoms with van der Waals surface area (Å²) in [5.74, 6) is 0. The first-order valence-corrected chi connectivity index (χ1v) is 21.7. The third-order valence-electron chi connectivity index (χ3n) is 12.4. The minimum Gasteiger partial charge on any atom is -0.311 e. The lowest BCUT2D eigenvalue weighted by Crippen LogP contribution is -2.61. The van der Waals surface area contributed by atoms with Crippen molar-refractivity contribution in [1.82, 2.24) is 0 Å². The summed E-state index contributed by atoms with van der Waals surface area (Å²) >= 11 is 0. The second-order valence-corrected chi connectivity index (χ2v) is 20.9. The maximum atomic E-state index is 9.42. The molecular weight excluding hydrogens is 749 g/mol. The highest BCUT2D eigenvalue weighted by Gasteiger charge is 2.45. The minimum absolute atomic E-state index is 0.143. The van der Waals surface area contributed by atoms with Gasteiger partial charge in [-0.1, -0.05) is 168 Å². The van der Waals surface area contributed by atoms with E-state index < -0.39 is 60.4 Å². The van der Waals surface area contributed by atoms with Gasteiger partial charge in [-0.3, -0.25) is 0 Å². The van der Waals surface area contributed by atoms with Gasteiger partial charge in [-0.15, -0.1) is 0 Å². The van der Waals surface area contributed by atoms with E-state index in [4.69, 9.17) is 8.22 Å². The molecule has 0 unspecified atom stereocenters. The SMILES string of the molecule is [2H]c1c([2H])c([2H])c(N(c2cc3c4c(c2)N(c2ccc(C(C)(C)C)cc2)c2ccc(C(C)(C)C)cc2B4c2cc(C(C)(C)C)ccc2N3c2ccc(C(C)(C)C)cc2)c2c([2H])c([2H])c([2H])c([2H])c2[2H])c([2H])c1[2H]. The molecule has 0 radical (unpaired) electrons. The molecule has 2 aliphatic rings. The summed E-state index contributed by atoms with van der Waals surface area (Å²) in [5, 5.41) is 0. The fourth-order valence-electron chi connectivity index (χ4n) is 8.91. The van der Waals surface area contributed by atoms with E-state index in [1.165, 1.54) is 4.90 Å². The highest BCUT2D eigenvalue weighted by atomic mass is 15.2. The predicted octanol–water partition coefficient (Wildman–Crippen LogP) is 14.4. The third-order valence-corrected chi connectivity index (χ3v) is 12.4. The number of hydrogen-bond acceptors (Lipinski definition) is 3. The van der Waals surface area contributed by atoms with Crippen LogP contribution in [0.5, 0.6) is 0 Å². The maximum Gasteiger partial charge on any atom is 0.252 e. The molecule has 0 aliphatic carbocycles. The molecule has 0 saturated heterocycles. The number of hydrogen-bond donors (Lipinski definition) is 0. The molecule has 0 N–H and O–H groups in total. The van der Waals surface area contributed by atoms with Crippen molar-refractivity contribution in [2.45, 2.75) is 105 Å². The Labute approximate surface area is 386 Å². The first-order chi connectivity index (χ1) is 33.4. The lowest BCUT2D eigenvalue weighted by atomic mass is 9.33. The summed E-state index contributed by atoms with van der Waals surface area (Å²) < 4.78 is 90.4. The van der Waals surface area contributed by atoms with Crippen molar-refractivity contribution in [2.24, 2.45) is 0 Å². The maximum absolute atomic E-state index is 9.42. The monoisotopic (exact) mass is 822 g/mol. The molecule has 9 rings (SSSR count). The minimum atomic E-state index is -0.629. The fourth-order valence-corrected chi connectivity index (χ4v) is 8.91. The van der Waals surface area contributed by atoms with Gasteiger partial charge in [0.25, 0.3) is 6.71 Å². The number of nitrogens with zero attached hydrogens (tertiary/aromatic N) is 3. The van der Waals surface area contributed by atoms with Gasteiger partial charge in [-0.25, -0.2) is 0 Å². The molecule has 0 bridgehead atoms. The standard InChI is InChI=1S/C58H62BN3/c1-55(2,3)39-23-29-45(30-24-39)61-50-33-27-41(57(7,8)9)35-48(50)59-49-36-42(58(10,11)12)28-34-51(49)62(46-31-25-40(26-32-46)56(4,5)6)53-38-47(37-52(61)54(53)59)60(43-19-15-13-16-20-43)44-21-17-14-18-22-44/h13-38H,1-12H3/i13D,14D,15D,16D,17D,18D,19D,20D,21D,22D. The number of rotatable bonds is 5. The second kappa shape index (κ2) is 14.8. The lowest BCUT2D eigenvalue weighted by molar-refractivity contribution is 0.590. The highest BCUT2D eigenvalue weighted by Crippen LogP contribution is 2.49. The van der Waals surface area contributed by atoms with E-state index in [0.717, 1.165) is 61.4 Å². The van der Waals surface area contributed by atoms with Gasteiger partial charge in [0, 0.05) is 45.5 Å². The van der Waals surface area contributed by atoms with Crippen molar-refractivity contribution < 1.29 is 13.7 Å². The van der Waals surface area contributed by atoms with E-state index in [1.807, 2.05) is 12.1 Å². The lowest BCUT2D eigenvalue weighted by Gasteiger charge is -2.45. The largest absolute Gasteiger partial charge is 0.311 e. The summed E-state index contributed by atoms with van der Waals surface area (Å²) in [5.41, 5.74) is 11.5. The molecule has 0 saturated carbocycles. The normalized spacial score (nSPS) is 16.0. The van der Waals surface area contributed by atoms with Crippen molar-refractivity contribution in [1.29, 1.82) is 0 Å². The Morgan fingerprint density at radius 1 is 0.387 bits per heavy atom. The molecule has 2 aliphatic heterocycles. The van der Waals surface area contributed by atoms with Crippen LogP contribution in [0.25, 0.3) is 0 Å². The van der Waals surface area contributed by atoms with Crippen molar-refractivity contribution in [3.05, 3.63) is 180 Å². The number of anilines is 9.